The van der Waals surface area contributed by atoms with E-state index in [0.717, 1.165) is 4.90 Å². The minimum atomic E-state index is -1.55. The van der Waals surface area contributed by atoms with Gasteiger partial charge in [-0.1, -0.05) is 18.2 Å². The van der Waals surface area contributed by atoms with Crippen LogP contribution in [0, 0.1) is 5.82 Å². The first-order valence-corrected chi connectivity index (χ1v) is 7.60. The minimum Gasteiger partial charge on any atom is -0.467 e. The molecule has 1 aliphatic rings. The smallest absolute Gasteiger partial charge is 0.325 e. The summed E-state index contributed by atoms with van der Waals surface area (Å²) in [5.41, 5.74) is -1.50. The van der Waals surface area contributed by atoms with Gasteiger partial charge in [-0.25, -0.2) is 9.18 Å². The van der Waals surface area contributed by atoms with E-state index < -0.39 is 35.7 Å². The number of rotatable bonds is 5. The van der Waals surface area contributed by atoms with Crippen LogP contribution in [-0.2, 0) is 21.7 Å². The lowest BCUT2D eigenvalue weighted by Crippen LogP contribution is -2.43. The fourth-order valence-electron chi connectivity index (χ4n) is 2.69. The van der Waals surface area contributed by atoms with Crippen molar-refractivity contribution in [3.05, 3.63) is 59.8 Å². The zero-order valence-electron chi connectivity index (χ0n) is 13.4. The number of hydrogen-bond acceptors (Lipinski definition) is 4. The first-order chi connectivity index (χ1) is 11.9. The molecule has 130 valence electrons. The lowest BCUT2D eigenvalue weighted by atomic mass is 9.91. The van der Waals surface area contributed by atoms with Gasteiger partial charge in [0.2, 0.25) is 5.91 Å². The number of urea groups is 1. The fraction of sp³-hybridized carbons (Fsp3) is 0.235. The van der Waals surface area contributed by atoms with E-state index in [2.05, 4.69) is 10.6 Å². The molecule has 1 atom stereocenters. The summed E-state index contributed by atoms with van der Waals surface area (Å²) in [6.07, 6.45) is 1.47. The van der Waals surface area contributed by atoms with Gasteiger partial charge >= 0.3 is 6.03 Å². The van der Waals surface area contributed by atoms with Crippen LogP contribution in [0.2, 0.25) is 0 Å². The highest BCUT2D eigenvalue weighted by Crippen LogP contribution is 2.30. The summed E-state index contributed by atoms with van der Waals surface area (Å²) in [5, 5.41) is 5.01. The number of benzene rings is 1. The molecular formula is C17H16FN3O4. The van der Waals surface area contributed by atoms with E-state index in [9.17, 15) is 18.8 Å². The molecule has 7 nitrogen and oxygen atoms in total. The van der Waals surface area contributed by atoms with Crippen LogP contribution in [0.15, 0.2) is 47.1 Å². The summed E-state index contributed by atoms with van der Waals surface area (Å²) in [6.45, 7) is 1.09. The molecule has 0 aliphatic carbocycles. The maximum absolute atomic E-state index is 14.0. The van der Waals surface area contributed by atoms with Gasteiger partial charge in [0.15, 0.2) is 0 Å². The summed E-state index contributed by atoms with van der Waals surface area (Å²) in [7, 11) is 0. The van der Waals surface area contributed by atoms with Crippen LogP contribution in [0.25, 0.3) is 0 Å². The molecule has 0 radical (unpaired) electrons. The molecule has 2 aromatic rings. The van der Waals surface area contributed by atoms with Crippen molar-refractivity contribution in [3.8, 4) is 0 Å². The highest BCUT2D eigenvalue weighted by Gasteiger charge is 2.50. The molecule has 1 aromatic carbocycles. The number of amides is 4. The number of carbonyl (C=O) groups excluding carboxylic acids is 3. The number of nitrogens with one attached hydrogen (secondary N) is 2. The molecule has 1 aromatic heterocycles. The Balaban J connectivity index is 1.71. The molecule has 2 heterocycles. The first kappa shape index (κ1) is 16.7. The van der Waals surface area contributed by atoms with Gasteiger partial charge in [-0.3, -0.25) is 14.5 Å². The summed E-state index contributed by atoms with van der Waals surface area (Å²) in [4.78, 5) is 37.5. The van der Waals surface area contributed by atoms with E-state index in [0.29, 0.717) is 5.76 Å². The van der Waals surface area contributed by atoms with Crippen LogP contribution in [0.5, 0.6) is 0 Å². The zero-order valence-corrected chi connectivity index (χ0v) is 13.4. The number of carbonyl (C=O) groups is 3. The molecule has 0 bridgehead atoms. The maximum Gasteiger partial charge on any atom is 0.325 e. The number of nitrogens with zero attached hydrogens (tertiary/aromatic N) is 1. The number of halogens is 1. The van der Waals surface area contributed by atoms with Crippen molar-refractivity contribution < 1.29 is 23.2 Å². The van der Waals surface area contributed by atoms with E-state index in [4.69, 9.17) is 4.42 Å². The van der Waals surface area contributed by atoms with Gasteiger partial charge in [0, 0.05) is 5.56 Å². The first-order valence-electron chi connectivity index (χ1n) is 7.60. The lowest BCUT2D eigenvalue weighted by molar-refractivity contribution is -0.134. The topological polar surface area (TPSA) is 91.7 Å². The van der Waals surface area contributed by atoms with Gasteiger partial charge in [0.05, 0.1) is 12.8 Å². The summed E-state index contributed by atoms with van der Waals surface area (Å²) in [5.74, 6) is -1.28. The summed E-state index contributed by atoms with van der Waals surface area (Å²) >= 11 is 0. The Morgan fingerprint density at radius 3 is 2.72 bits per heavy atom. The quantitative estimate of drug-likeness (QED) is 0.804. The number of imide groups is 1. The van der Waals surface area contributed by atoms with Crippen LogP contribution in [0.1, 0.15) is 18.2 Å². The van der Waals surface area contributed by atoms with E-state index in [1.54, 1.807) is 18.2 Å². The van der Waals surface area contributed by atoms with Gasteiger partial charge in [0.25, 0.3) is 5.91 Å². The predicted molar refractivity (Wildman–Crippen MR) is 84.6 cm³/mol. The third-order valence-electron chi connectivity index (χ3n) is 4.03. The number of hydrogen-bond donors (Lipinski definition) is 2. The Kier molecular flexibility index (Phi) is 4.26. The average molecular weight is 345 g/mol. The minimum absolute atomic E-state index is 0.0480. The average Bonchev–Trinajstić information content (AvgIpc) is 3.17. The molecule has 1 saturated heterocycles. The second kappa shape index (κ2) is 6.39. The van der Waals surface area contributed by atoms with Crippen molar-refractivity contribution >= 4 is 17.8 Å². The standard InChI is InChI=1S/C17H16FN3O4/c1-17(12-6-2-3-7-13(12)18)15(23)21(16(24)20-17)10-14(22)19-9-11-5-4-8-25-11/h2-8H,9-10H2,1H3,(H,19,22)(H,20,24). The van der Waals surface area contributed by atoms with Gasteiger partial charge in [-0.2, -0.15) is 0 Å². The van der Waals surface area contributed by atoms with E-state index in [1.807, 2.05) is 0 Å². The van der Waals surface area contributed by atoms with Gasteiger partial charge in [-0.05, 0) is 25.1 Å². The van der Waals surface area contributed by atoms with Crippen molar-refractivity contribution in [1.82, 2.24) is 15.5 Å². The maximum atomic E-state index is 14.0. The molecule has 1 unspecified atom stereocenters. The zero-order chi connectivity index (χ0) is 18.0. The van der Waals surface area contributed by atoms with Crippen molar-refractivity contribution in [3.63, 3.8) is 0 Å². The monoisotopic (exact) mass is 345 g/mol. The summed E-state index contributed by atoms with van der Waals surface area (Å²) < 4.78 is 19.1. The molecule has 1 fully saturated rings. The largest absolute Gasteiger partial charge is 0.467 e. The van der Waals surface area contributed by atoms with Crippen molar-refractivity contribution in [2.45, 2.75) is 19.0 Å². The highest BCUT2D eigenvalue weighted by atomic mass is 19.1. The Morgan fingerprint density at radius 2 is 2.04 bits per heavy atom. The molecule has 25 heavy (non-hydrogen) atoms. The van der Waals surface area contributed by atoms with Crippen LogP contribution in [0.4, 0.5) is 9.18 Å². The van der Waals surface area contributed by atoms with Gasteiger partial charge < -0.3 is 15.1 Å². The second-order valence-electron chi connectivity index (χ2n) is 5.78. The molecule has 4 amide bonds. The van der Waals surface area contributed by atoms with Crippen molar-refractivity contribution in [1.29, 1.82) is 0 Å². The van der Waals surface area contributed by atoms with E-state index in [-0.39, 0.29) is 12.1 Å². The third-order valence-corrected chi connectivity index (χ3v) is 4.03. The van der Waals surface area contributed by atoms with Gasteiger partial charge in [-0.15, -0.1) is 0 Å². The predicted octanol–water partition coefficient (Wildman–Crippen LogP) is 1.50. The normalized spacial score (nSPS) is 19.8. The molecule has 3 rings (SSSR count). The second-order valence-corrected chi connectivity index (χ2v) is 5.78. The van der Waals surface area contributed by atoms with Crippen LogP contribution in [0.3, 0.4) is 0 Å². The van der Waals surface area contributed by atoms with E-state index in [1.165, 1.54) is 31.4 Å². The number of furan rings is 1. The van der Waals surface area contributed by atoms with Crippen LogP contribution in [-0.4, -0.2) is 29.3 Å². The highest BCUT2D eigenvalue weighted by molar-refractivity contribution is 6.09. The lowest BCUT2D eigenvalue weighted by Gasteiger charge is -2.22. The molecule has 8 heteroatoms. The Labute approximate surface area is 142 Å². The SMILES string of the molecule is CC1(c2ccccc2F)NC(=O)N(CC(=O)NCc2ccco2)C1=O. The summed E-state index contributed by atoms with van der Waals surface area (Å²) in [6, 6.07) is 8.31. The van der Waals surface area contributed by atoms with Crippen LogP contribution >= 0.6 is 0 Å². The third kappa shape index (κ3) is 3.10. The van der Waals surface area contributed by atoms with Gasteiger partial charge in [0.1, 0.15) is 23.7 Å². The van der Waals surface area contributed by atoms with E-state index >= 15 is 0 Å². The fourth-order valence-corrected chi connectivity index (χ4v) is 2.69. The van der Waals surface area contributed by atoms with Crippen LogP contribution < -0.4 is 10.6 Å². The Hall–Kier alpha value is -3.16. The van der Waals surface area contributed by atoms with Crippen molar-refractivity contribution in [2.24, 2.45) is 0 Å². The Morgan fingerprint density at radius 1 is 1.28 bits per heavy atom. The van der Waals surface area contributed by atoms with Crippen molar-refractivity contribution in [2.75, 3.05) is 6.54 Å². The molecule has 0 saturated carbocycles. The molecule has 0 spiro atoms. The molecule has 2 N–H and O–H groups in total. The molecular weight excluding hydrogens is 329 g/mol. The molecule has 1 aliphatic heterocycles. The Bertz CT molecular complexity index is 821.